The van der Waals surface area contributed by atoms with Gasteiger partial charge in [-0.15, -0.1) is 0 Å². The van der Waals surface area contributed by atoms with Crippen molar-refractivity contribution in [2.75, 3.05) is 13.1 Å². The monoisotopic (exact) mass is 256 g/mol. The third-order valence-electron chi connectivity index (χ3n) is 3.64. The Kier molecular flexibility index (Phi) is 3.56. The number of hydrogen-bond donors (Lipinski definition) is 1. The van der Waals surface area contributed by atoms with Crippen LogP contribution in [0.4, 0.5) is 4.39 Å². The van der Waals surface area contributed by atoms with Crippen molar-refractivity contribution in [1.29, 1.82) is 0 Å². The van der Waals surface area contributed by atoms with Gasteiger partial charge in [0.25, 0.3) is 0 Å². The Morgan fingerprint density at radius 3 is 2.79 bits per heavy atom. The van der Waals surface area contributed by atoms with Crippen LogP contribution in [0.3, 0.4) is 0 Å². The van der Waals surface area contributed by atoms with Crippen molar-refractivity contribution in [1.82, 2.24) is 10.3 Å². The molecule has 3 heteroatoms. The SMILES string of the molecule is Fc1ccccc1-c1cccc(C2CCCNC2)n1. The number of nitrogens with one attached hydrogen (secondary N) is 1. The Bertz CT molecular complexity index is 562. The predicted octanol–water partition coefficient (Wildman–Crippen LogP) is 3.35. The average molecular weight is 256 g/mol. The number of nitrogens with zero attached hydrogens (tertiary/aromatic N) is 1. The summed E-state index contributed by atoms with van der Waals surface area (Å²) in [5.41, 5.74) is 2.36. The first-order chi connectivity index (χ1) is 9.34. The molecule has 1 unspecified atom stereocenters. The van der Waals surface area contributed by atoms with Crippen LogP contribution >= 0.6 is 0 Å². The van der Waals surface area contributed by atoms with Crippen LogP contribution in [0.25, 0.3) is 11.3 Å². The number of rotatable bonds is 2. The lowest BCUT2D eigenvalue weighted by Gasteiger charge is -2.22. The van der Waals surface area contributed by atoms with Gasteiger partial charge < -0.3 is 5.32 Å². The third-order valence-corrected chi connectivity index (χ3v) is 3.64. The predicted molar refractivity (Wildman–Crippen MR) is 74.5 cm³/mol. The molecule has 0 bridgehead atoms. The van der Waals surface area contributed by atoms with Crippen molar-refractivity contribution in [2.24, 2.45) is 0 Å². The first-order valence-corrected chi connectivity index (χ1v) is 6.77. The molecule has 1 fully saturated rings. The molecule has 0 amide bonds. The Morgan fingerprint density at radius 1 is 1.11 bits per heavy atom. The van der Waals surface area contributed by atoms with E-state index in [9.17, 15) is 4.39 Å². The van der Waals surface area contributed by atoms with Crippen molar-refractivity contribution in [2.45, 2.75) is 18.8 Å². The second-order valence-electron chi connectivity index (χ2n) is 4.97. The number of piperidine rings is 1. The quantitative estimate of drug-likeness (QED) is 0.891. The van der Waals surface area contributed by atoms with E-state index in [1.165, 1.54) is 12.5 Å². The largest absolute Gasteiger partial charge is 0.316 e. The molecule has 1 atom stereocenters. The molecule has 3 rings (SSSR count). The zero-order valence-electron chi connectivity index (χ0n) is 10.8. The number of benzene rings is 1. The first-order valence-electron chi connectivity index (χ1n) is 6.77. The summed E-state index contributed by atoms with van der Waals surface area (Å²) >= 11 is 0. The van der Waals surface area contributed by atoms with E-state index in [2.05, 4.69) is 10.3 Å². The van der Waals surface area contributed by atoms with Gasteiger partial charge in [-0.25, -0.2) is 4.39 Å². The topological polar surface area (TPSA) is 24.9 Å². The van der Waals surface area contributed by atoms with Crippen LogP contribution in [0, 0.1) is 5.82 Å². The van der Waals surface area contributed by atoms with Crippen LogP contribution in [0.2, 0.25) is 0 Å². The second-order valence-corrected chi connectivity index (χ2v) is 4.97. The number of halogens is 1. The molecule has 2 heterocycles. The fourth-order valence-corrected chi connectivity index (χ4v) is 2.60. The van der Waals surface area contributed by atoms with E-state index in [4.69, 9.17) is 0 Å². The number of hydrogen-bond acceptors (Lipinski definition) is 2. The van der Waals surface area contributed by atoms with Gasteiger partial charge in [-0.05, 0) is 43.7 Å². The molecular weight excluding hydrogens is 239 g/mol. The summed E-state index contributed by atoms with van der Waals surface area (Å²) in [6, 6.07) is 12.7. The van der Waals surface area contributed by atoms with Gasteiger partial charge in [-0.1, -0.05) is 18.2 Å². The molecule has 19 heavy (non-hydrogen) atoms. The summed E-state index contributed by atoms with van der Waals surface area (Å²) < 4.78 is 13.8. The summed E-state index contributed by atoms with van der Waals surface area (Å²) in [5.74, 6) is 0.231. The maximum absolute atomic E-state index is 13.8. The highest BCUT2D eigenvalue weighted by atomic mass is 19.1. The van der Waals surface area contributed by atoms with Crippen LogP contribution in [0.1, 0.15) is 24.5 Å². The van der Waals surface area contributed by atoms with Crippen molar-refractivity contribution in [3.8, 4) is 11.3 Å². The van der Waals surface area contributed by atoms with E-state index in [0.717, 1.165) is 30.9 Å². The van der Waals surface area contributed by atoms with E-state index in [1.54, 1.807) is 12.1 Å². The summed E-state index contributed by atoms with van der Waals surface area (Å²) in [6.45, 7) is 2.05. The van der Waals surface area contributed by atoms with E-state index >= 15 is 0 Å². The van der Waals surface area contributed by atoms with E-state index in [1.807, 2.05) is 24.3 Å². The lowest BCUT2D eigenvalue weighted by atomic mass is 9.95. The minimum Gasteiger partial charge on any atom is -0.316 e. The maximum atomic E-state index is 13.8. The summed E-state index contributed by atoms with van der Waals surface area (Å²) in [4.78, 5) is 4.65. The number of aromatic nitrogens is 1. The highest BCUT2D eigenvalue weighted by Gasteiger charge is 2.17. The summed E-state index contributed by atoms with van der Waals surface area (Å²) in [7, 11) is 0. The van der Waals surface area contributed by atoms with Gasteiger partial charge in [0, 0.05) is 23.7 Å². The third kappa shape index (κ3) is 2.66. The molecule has 0 aliphatic carbocycles. The van der Waals surface area contributed by atoms with Crippen LogP contribution in [-0.4, -0.2) is 18.1 Å². The van der Waals surface area contributed by atoms with Crippen molar-refractivity contribution in [3.05, 3.63) is 54.0 Å². The molecule has 1 aliphatic heterocycles. The molecule has 0 saturated carbocycles. The molecule has 1 aliphatic rings. The summed E-state index contributed by atoms with van der Waals surface area (Å²) in [5, 5.41) is 3.39. The van der Waals surface area contributed by atoms with Gasteiger partial charge in [0.05, 0.1) is 5.69 Å². The zero-order chi connectivity index (χ0) is 13.1. The highest BCUT2D eigenvalue weighted by molar-refractivity contribution is 5.59. The first kappa shape index (κ1) is 12.3. The van der Waals surface area contributed by atoms with Gasteiger partial charge in [0.2, 0.25) is 0 Å². The molecule has 2 nitrogen and oxygen atoms in total. The highest BCUT2D eigenvalue weighted by Crippen LogP contribution is 2.25. The van der Waals surface area contributed by atoms with Gasteiger partial charge in [-0.3, -0.25) is 4.98 Å². The van der Waals surface area contributed by atoms with Crippen molar-refractivity contribution in [3.63, 3.8) is 0 Å². The van der Waals surface area contributed by atoms with Crippen LogP contribution in [0.15, 0.2) is 42.5 Å². The lowest BCUT2D eigenvalue weighted by molar-refractivity contribution is 0.455. The van der Waals surface area contributed by atoms with Crippen LogP contribution in [-0.2, 0) is 0 Å². The van der Waals surface area contributed by atoms with Gasteiger partial charge >= 0.3 is 0 Å². The fourth-order valence-electron chi connectivity index (χ4n) is 2.60. The smallest absolute Gasteiger partial charge is 0.132 e. The zero-order valence-corrected chi connectivity index (χ0v) is 10.8. The lowest BCUT2D eigenvalue weighted by Crippen LogP contribution is -2.28. The molecule has 1 aromatic heterocycles. The molecule has 0 spiro atoms. The Morgan fingerprint density at radius 2 is 2.00 bits per heavy atom. The number of pyridine rings is 1. The maximum Gasteiger partial charge on any atom is 0.132 e. The molecule has 1 saturated heterocycles. The van der Waals surface area contributed by atoms with Crippen molar-refractivity contribution < 1.29 is 4.39 Å². The van der Waals surface area contributed by atoms with Gasteiger partial charge in [0.1, 0.15) is 5.82 Å². The van der Waals surface area contributed by atoms with E-state index < -0.39 is 0 Å². The Hall–Kier alpha value is -1.74. The van der Waals surface area contributed by atoms with Gasteiger partial charge in [0.15, 0.2) is 0 Å². The Labute approximate surface area is 112 Å². The normalized spacial score (nSPS) is 19.3. The molecule has 1 aromatic carbocycles. The minimum absolute atomic E-state index is 0.214. The van der Waals surface area contributed by atoms with Crippen LogP contribution < -0.4 is 5.32 Å². The average Bonchev–Trinajstić information content (AvgIpc) is 2.49. The van der Waals surface area contributed by atoms with Crippen LogP contribution in [0.5, 0.6) is 0 Å². The molecule has 1 N–H and O–H groups in total. The van der Waals surface area contributed by atoms with E-state index in [-0.39, 0.29) is 5.82 Å². The molecular formula is C16H17FN2. The molecule has 0 radical (unpaired) electrons. The fraction of sp³-hybridized carbons (Fsp3) is 0.312. The minimum atomic E-state index is -0.214. The Balaban J connectivity index is 1.93. The molecule has 98 valence electrons. The van der Waals surface area contributed by atoms with Crippen molar-refractivity contribution >= 4 is 0 Å². The molecule has 2 aromatic rings. The van der Waals surface area contributed by atoms with Gasteiger partial charge in [-0.2, -0.15) is 0 Å². The summed E-state index contributed by atoms with van der Waals surface area (Å²) in [6.07, 6.45) is 2.33. The standard InChI is InChI=1S/C16H17FN2/c17-14-7-2-1-6-13(14)16-9-3-8-15(19-16)12-5-4-10-18-11-12/h1-3,6-9,12,18H,4-5,10-11H2. The van der Waals surface area contributed by atoms with E-state index in [0.29, 0.717) is 11.5 Å². The second kappa shape index (κ2) is 5.49.